The number of rotatable bonds is 4. The van der Waals surface area contributed by atoms with Crippen LogP contribution in [0.15, 0.2) is 10.9 Å². The number of nitrogens with zero attached hydrogens (tertiary/aromatic N) is 3. The number of aromatic nitrogens is 4. The van der Waals surface area contributed by atoms with Crippen LogP contribution in [0.3, 0.4) is 0 Å². The third-order valence-corrected chi connectivity index (χ3v) is 5.09. The molecular weight excluding hydrogens is 350 g/mol. The lowest BCUT2D eigenvalue weighted by Crippen LogP contribution is -2.36. The van der Waals surface area contributed by atoms with Crippen molar-refractivity contribution in [3.05, 3.63) is 33.4 Å². The molecule has 2 heterocycles. The van der Waals surface area contributed by atoms with Crippen LogP contribution in [-0.2, 0) is 9.59 Å². The Balaban J connectivity index is 1.91. The third-order valence-electron chi connectivity index (χ3n) is 5.09. The van der Waals surface area contributed by atoms with Gasteiger partial charge in [0.1, 0.15) is 5.82 Å². The maximum absolute atomic E-state index is 12.8. The van der Waals surface area contributed by atoms with Gasteiger partial charge in [-0.1, -0.05) is 12.8 Å². The SMILES string of the molecule is Cc1cc(NC(=O)[C@@H]2CCCC[C@H]2C(=O)O)n(-c2nc(C)c(C)c(=O)[nH]2)n1. The summed E-state index contributed by atoms with van der Waals surface area (Å²) < 4.78 is 1.36. The van der Waals surface area contributed by atoms with E-state index in [-0.39, 0.29) is 17.4 Å². The van der Waals surface area contributed by atoms with Crippen LogP contribution < -0.4 is 10.9 Å². The van der Waals surface area contributed by atoms with E-state index < -0.39 is 17.8 Å². The van der Waals surface area contributed by atoms with E-state index in [0.717, 1.165) is 12.8 Å². The fourth-order valence-electron chi connectivity index (χ4n) is 3.44. The molecule has 1 saturated carbocycles. The van der Waals surface area contributed by atoms with E-state index in [0.29, 0.717) is 35.6 Å². The fourth-order valence-corrected chi connectivity index (χ4v) is 3.44. The van der Waals surface area contributed by atoms with Crippen LogP contribution in [0.4, 0.5) is 5.82 Å². The zero-order chi connectivity index (χ0) is 19.7. The van der Waals surface area contributed by atoms with Gasteiger partial charge in [-0.3, -0.25) is 19.4 Å². The molecule has 1 amide bonds. The van der Waals surface area contributed by atoms with E-state index in [2.05, 4.69) is 20.4 Å². The first-order valence-corrected chi connectivity index (χ1v) is 8.96. The average Bonchev–Trinajstić information content (AvgIpc) is 2.99. The van der Waals surface area contributed by atoms with Crippen molar-refractivity contribution >= 4 is 17.7 Å². The Morgan fingerprint density at radius 3 is 2.52 bits per heavy atom. The third kappa shape index (κ3) is 3.76. The van der Waals surface area contributed by atoms with Gasteiger partial charge in [0.2, 0.25) is 11.9 Å². The maximum Gasteiger partial charge on any atom is 0.307 e. The van der Waals surface area contributed by atoms with Crippen molar-refractivity contribution in [1.29, 1.82) is 0 Å². The van der Waals surface area contributed by atoms with Crippen molar-refractivity contribution in [3.8, 4) is 5.95 Å². The highest BCUT2D eigenvalue weighted by Crippen LogP contribution is 2.31. The molecule has 9 nitrogen and oxygen atoms in total. The number of anilines is 1. The van der Waals surface area contributed by atoms with Gasteiger partial charge in [0.15, 0.2) is 0 Å². The second-order valence-electron chi connectivity index (χ2n) is 7.01. The Bertz CT molecular complexity index is 946. The van der Waals surface area contributed by atoms with Gasteiger partial charge < -0.3 is 10.4 Å². The summed E-state index contributed by atoms with van der Waals surface area (Å²) >= 11 is 0. The topological polar surface area (TPSA) is 130 Å². The summed E-state index contributed by atoms with van der Waals surface area (Å²) in [5.41, 5.74) is 1.43. The summed E-state index contributed by atoms with van der Waals surface area (Å²) in [6.45, 7) is 5.16. The number of aromatic amines is 1. The molecule has 0 unspecified atom stereocenters. The predicted molar refractivity (Wildman–Crippen MR) is 97.9 cm³/mol. The van der Waals surface area contributed by atoms with Gasteiger partial charge in [-0.05, 0) is 33.6 Å². The highest BCUT2D eigenvalue weighted by atomic mass is 16.4. The van der Waals surface area contributed by atoms with Crippen molar-refractivity contribution in [2.24, 2.45) is 11.8 Å². The lowest BCUT2D eigenvalue weighted by molar-refractivity contribution is -0.147. The van der Waals surface area contributed by atoms with Crippen molar-refractivity contribution in [1.82, 2.24) is 19.7 Å². The molecule has 144 valence electrons. The van der Waals surface area contributed by atoms with E-state index >= 15 is 0 Å². The van der Waals surface area contributed by atoms with E-state index in [1.165, 1.54) is 4.68 Å². The predicted octanol–water partition coefficient (Wildman–Crippen LogP) is 1.71. The summed E-state index contributed by atoms with van der Waals surface area (Å²) in [6, 6.07) is 1.66. The quantitative estimate of drug-likeness (QED) is 0.748. The largest absolute Gasteiger partial charge is 0.481 e. The summed E-state index contributed by atoms with van der Waals surface area (Å²) in [5, 5.41) is 16.5. The first-order chi connectivity index (χ1) is 12.8. The normalized spacial score (nSPS) is 19.7. The molecule has 0 radical (unpaired) electrons. The molecule has 2 atom stereocenters. The molecule has 9 heteroatoms. The number of hydrogen-bond acceptors (Lipinski definition) is 5. The van der Waals surface area contributed by atoms with Crippen molar-refractivity contribution in [2.75, 3.05) is 5.32 Å². The molecular formula is C18H23N5O4. The number of carboxylic acid groups (broad SMARTS) is 1. The Hall–Kier alpha value is -2.97. The molecule has 1 aliphatic rings. The number of carboxylic acids is 1. The monoisotopic (exact) mass is 373 g/mol. The van der Waals surface area contributed by atoms with Gasteiger partial charge in [0.05, 0.1) is 17.5 Å². The molecule has 3 N–H and O–H groups in total. The molecule has 0 bridgehead atoms. The molecule has 27 heavy (non-hydrogen) atoms. The number of hydrogen-bond donors (Lipinski definition) is 3. The van der Waals surface area contributed by atoms with Crippen LogP contribution in [0.5, 0.6) is 0 Å². The zero-order valence-corrected chi connectivity index (χ0v) is 15.6. The van der Waals surface area contributed by atoms with E-state index in [1.807, 2.05) is 0 Å². The minimum absolute atomic E-state index is 0.199. The lowest BCUT2D eigenvalue weighted by Gasteiger charge is -2.27. The average molecular weight is 373 g/mol. The molecule has 2 aromatic heterocycles. The van der Waals surface area contributed by atoms with Gasteiger partial charge in [0, 0.05) is 17.3 Å². The summed E-state index contributed by atoms with van der Waals surface area (Å²) in [5.74, 6) is -2.03. The second-order valence-corrected chi connectivity index (χ2v) is 7.01. The van der Waals surface area contributed by atoms with Crippen LogP contribution in [0.1, 0.15) is 42.6 Å². The van der Waals surface area contributed by atoms with Crippen LogP contribution in [-0.4, -0.2) is 36.7 Å². The Morgan fingerprint density at radius 1 is 1.22 bits per heavy atom. The van der Waals surface area contributed by atoms with E-state index in [1.54, 1.807) is 26.8 Å². The van der Waals surface area contributed by atoms with Crippen molar-refractivity contribution < 1.29 is 14.7 Å². The number of carbonyl (C=O) groups excluding carboxylic acids is 1. The minimum atomic E-state index is -0.945. The Morgan fingerprint density at radius 2 is 1.89 bits per heavy atom. The van der Waals surface area contributed by atoms with Crippen molar-refractivity contribution in [2.45, 2.75) is 46.5 Å². The van der Waals surface area contributed by atoms with Gasteiger partial charge in [-0.25, -0.2) is 4.98 Å². The number of aliphatic carboxylic acids is 1. The van der Waals surface area contributed by atoms with Crippen LogP contribution in [0, 0.1) is 32.6 Å². The lowest BCUT2D eigenvalue weighted by atomic mass is 9.79. The standard InChI is InChI=1S/C18H23N5O4/c1-9-8-14(20-16(25)12-6-4-5-7-13(12)17(26)27)23(22-9)18-19-11(3)10(2)15(24)21-18/h8,12-13H,4-7H2,1-3H3,(H,20,25)(H,26,27)(H,19,21,24)/t12-,13-/m1/s1. The number of aryl methyl sites for hydroxylation is 2. The Labute approximate surface area is 155 Å². The highest BCUT2D eigenvalue weighted by molar-refractivity contribution is 5.94. The molecule has 0 spiro atoms. The first kappa shape index (κ1) is 18.8. The fraction of sp³-hybridized carbons (Fsp3) is 0.500. The molecule has 2 aromatic rings. The van der Waals surface area contributed by atoms with E-state index in [9.17, 15) is 19.5 Å². The van der Waals surface area contributed by atoms with Crippen LogP contribution in [0.25, 0.3) is 5.95 Å². The minimum Gasteiger partial charge on any atom is -0.481 e. The molecule has 1 fully saturated rings. The number of H-pyrrole nitrogens is 1. The molecule has 0 aromatic carbocycles. The molecule has 0 aliphatic heterocycles. The van der Waals surface area contributed by atoms with Crippen molar-refractivity contribution in [3.63, 3.8) is 0 Å². The first-order valence-electron chi connectivity index (χ1n) is 8.96. The second kappa shape index (κ2) is 7.34. The van der Waals surface area contributed by atoms with Crippen LogP contribution >= 0.6 is 0 Å². The van der Waals surface area contributed by atoms with Gasteiger partial charge in [-0.15, -0.1) is 0 Å². The number of amides is 1. The smallest absolute Gasteiger partial charge is 0.307 e. The van der Waals surface area contributed by atoms with E-state index in [4.69, 9.17) is 0 Å². The number of carbonyl (C=O) groups is 2. The van der Waals surface area contributed by atoms with Crippen LogP contribution in [0.2, 0.25) is 0 Å². The Kier molecular flexibility index (Phi) is 5.11. The van der Waals surface area contributed by atoms with Gasteiger partial charge >= 0.3 is 5.97 Å². The van der Waals surface area contributed by atoms with Gasteiger partial charge in [0.25, 0.3) is 5.56 Å². The molecule has 1 aliphatic carbocycles. The van der Waals surface area contributed by atoms with Gasteiger partial charge in [-0.2, -0.15) is 9.78 Å². The molecule has 0 saturated heterocycles. The summed E-state index contributed by atoms with van der Waals surface area (Å²) in [7, 11) is 0. The summed E-state index contributed by atoms with van der Waals surface area (Å²) in [6.07, 6.45) is 2.67. The molecule has 3 rings (SSSR count). The summed E-state index contributed by atoms with van der Waals surface area (Å²) in [4.78, 5) is 43.3. The zero-order valence-electron chi connectivity index (χ0n) is 15.6. The maximum atomic E-state index is 12.8. The highest BCUT2D eigenvalue weighted by Gasteiger charge is 2.36. The number of nitrogens with one attached hydrogen (secondary N) is 2.